The number of aromatic nitrogens is 2. The van der Waals surface area contributed by atoms with Crippen molar-refractivity contribution in [1.82, 2.24) is 14.7 Å². The van der Waals surface area contributed by atoms with Crippen molar-refractivity contribution < 1.29 is 21.6 Å². The van der Waals surface area contributed by atoms with E-state index >= 15 is 0 Å². The van der Waals surface area contributed by atoms with Crippen LogP contribution < -0.4 is 4.72 Å². The van der Waals surface area contributed by atoms with Crippen LogP contribution in [0.15, 0.2) is 4.90 Å². The van der Waals surface area contributed by atoms with Gasteiger partial charge in [-0.3, -0.25) is 0 Å². The molecule has 0 unspecified atom stereocenters. The molecular formula is C9H5Cl3F3N3O2S. The Kier molecular flexibility index (Phi) is 4.09. The van der Waals surface area contributed by atoms with Crippen molar-refractivity contribution in [2.24, 2.45) is 0 Å². The van der Waals surface area contributed by atoms with E-state index in [9.17, 15) is 21.6 Å². The Bertz CT molecular complexity index is 832. The van der Waals surface area contributed by atoms with Crippen molar-refractivity contribution in [2.75, 3.05) is 7.05 Å². The van der Waals surface area contributed by atoms with E-state index in [4.69, 9.17) is 34.8 Å². The molecule has 0 aliphatic heterocycles. The third-order valence-electron chi connectivity index (χ3n) is 2.53. The second-order valence-corrected chi connectivity index (χ2v) is 6.74. The first-order chi connectivity index (χ1) is 9.50. The number of alkyl halides is 3. The van der Waals surface area contributed by atoms with E-state index in [1.165, 1.54) is 0 Å². The fourth-order valence-corrected chi connectivity index (χ4v) is 3.55. The number of hydrogen-bond donors (Lipinski definition) is 2. The number of benzene rings is 1. The molecule has 5 nitrogen and oxygen atoms in total. The molecule has 0 atom stereocenters. The average Bonchev–Trinajstić information content (AvgIpc) is 2.80. The molecule has 1 aromatic carbocycles. The molecule has 12 heteroatoms. The van der Waals surface area contributed by atoms with Gasteiger partial charge in [0, 0.05) is 0 Å². The molecule has 116 valence electrons. The molecule has 0 bridgehead atoms. The molecule has 1 aromatic heterocycles. The van der Waals surface area contributed by atoms with Gasteiger partial charge in [0.25, 0.3) is 0 Å². The molecule has 0 saturated heterocycles. The zero-order chi connectivity index (χ0) is 16.2. The lowest BCUT2D eigenvalue weighted by molar-refractivity contribution is -0.144. The highest BCUT2D eigenvalue weighted by atomic mass is 35.5. The Hall–Kier alpha value is -0.740. The van der Waals surface area contributed by atoms with Gasteiger partial charge in [0.15, 0.2) is 0 Å². The van der Waals surface area contributed by atoms with Crippen LogP contribution in [-0.2, 0) is 16.2 Å². The molecule has 2 aromatic rings. The smallest absolute Gasteiger partial charge is 0.333 e. The molecule has 2 N–H and O–H groups in total. The maximum Gasteiger partial charge on any atom is 0.449 e. The van der Waals surface area contributed by atoms with Gasteiger partial charge in [0.05, 0.1) is 20.6 Å². The Morgan fingerprint density at radius 1 is 1.14 bits per heavy atom. The SMILES string of the molecule is CNS(=O)(=O)c1c(Cl)c(Cl)c(Cl)c2[nH]c(C(F)(F)F)nc12. The summed E-state index contributed by atoms with van der Waals surface area (Å²) in [7, 11) is -3.13. The molecule has 0 aliphatic carbocycles. The van der Waals surface area contributed by atoms with Gasteiger partial charge in [-0.1, -0.05) is 34.8 Å². The number of halogens is 6. The number of sulfonamides is 1. The first-order valence-electron chi connectivity index (χ1n) is 5.07. The number of fused-ring (bicyclic) bond motifs is 1. The van der Waals surface area contributed by atoms with Crippen LogP contribution in [0.5, 0.6) is 0 Å². The lowest BCUT2D eigenvalue weighted by Gasteiger charge is -2.09. The van der Waals surface area contributed by atoms with E-state index in [2.05, 4.69) is 4.98 Å². The fraction of sp³-hybridized carbons (Fsp3) is 0.222. The number of H-pyrrole nitrogens is 1. The van der Waals surface area contributed by atoms with Gasteiger partial charge < -0.3 is 4.98 Å². The van der Waals surface area contributed by atoms with Crippen molar-refractivity contribution in [3.05, 3.63) is 20.9 Å². The minimum absolute atomic E-state index is 0.352. The van der Waals surface area contributed by atoms with Crippen LogP contribution in [0.25, 0.3) is 11.0 Å². The van der Waals surface area contributed by atoms with Gasteiger partial charge in [0.2, 0.25) is 15.8 Å². The van der Waals surface area contributed by atoms with Crippen LogP contribution in [0.1, 0.15) is 5.82 Å². The maximum absolute atomic E-state index is 12.7. The molecule has 0 radical (unpaired) electrons. The summed E-state index contributed by atoms with van der Waals surface area (Å²) < 4.78 is 63.9. The van der Waals surface area contributed by atoms with E-state index in [0.717, 1.165) is 7.05 Å². The highest BCUT2D eigenvalue weighted by Gasteiger charge is 2.37. The van der Waals surface area contributed by atoms with E-state index in [1.54, 1.807) is 0 Å². The van der Waals surface area contributed by atoms with Gasteiger partial charge in [-0.2, -0.15) is 13.2 Å². The quantitative estimate of drug-likeness (QED) is 0.781. The molecule has 1 heterocycles. The lowest BCUT2D eigenvalue weighted by Crippen LogP contribution is -2.19. The number of aromatic amines is 1. The second-order valence-electron chi connectivity index (χ2n) is 3.79. The van der Waals surface area contributed by atoms with Crippen molar-refractivity contribution in [3.8, 4) is 0 Å². The van der Waals surface area contributed by atoms with Gasteiger partial charge >= 0.3 is 6.18 Å². The number of rotatable bonds is 2. The molecule has 2 rings (SSSR count). The van der Waals surface area contributed by atoms with Crippen molar-refractivity contribution in [1.29, 1.82) is 0 Å². The summed E-state index contributed by atoms with van der Waals surface area (Å²) in [6.07, 6.45) is -4.82. The minimum Gasteiger partial charge on any atom is -0.333 e. The molecule has 0 saturated carbocycles. The minimum atomic E-state index is -4.82. The second kappa shape index (κ2) is 5.17. The number of nitrogens with one attached hydrogen (secondary N) is 2. The molecular weight excluding hydrogens is 378 g/mol. The first-order valence-corrected chi connectivity index (χ1v) is 7.69. The molecule has 0 aliphatic rings. The Morgan fingerprint density at radius 2 is 1.71 bits per heavy atom. The number of imidazole rings is 1. The Morgan fingerprint density at radius 3 is 2.19 bits per heavy atom. The molecule has 21 heavy (non-hydrogen) atoms. The monoisotopic (exact) mass is 381 g/mol. The third-order valence-corrected chi connectivity index (χ3v) is 5.44. The Balaban J connectivity index is 3.01. The van der Waals surface area contributed by atoms with E-state index < -0.39 is 42.5 Å². The number of hydrogen-bond acceptors (Lipinski definition) is 3. The fourth-order valence-electron chi connectivity index (χ4n) is 1.59. The summed E-state index contributed by atoms with van der Waals surface area (Å²) in [5, 5.41) is -1.25. The van der Waals surface area contributed by atoms with Crippen molar-refractivity contribution in [2.45, 2.75) is 11.1 Å². The van der Waals surface area contributed by atoms with Crippen LogP contribution >= 0.6 is 34.8 Å². The van der Waals surface area contributed by atoms with Crippen LogP contribution in [0.4, 0.5) is 13.2 Å². The van der Waals surface area contributed by atoms with Crippen molar-refractivity contribution in [3.63, 3.8) is 0 Å². The van der Waals surface area contributed by atoms with E-state index in [1.807, 2.05) is 9.71 Å². The van der Waals surface area contributed by atoms with E-state index in [0.29, 0.717) is 0 Å². The summed E-state index contributed by atoms with van der Waals surface area (Å²) >= 11 is 17.3. The topological polar surface area (TPSA) is 74.8 Å². The molecule has 0 fully saturated rings. The third kappa shape index (κ3) is 2.68. The first kappa shape index (κ1) is 16.6. The zero-order valence-corrected chi connectivity index (χ0v) is 13.0. The molecule has 0 amide bonds. The van der Waals surface area contributed by atoms with Gasteiger partial charge in [-0.25, -0.2) is 18.1 Å². The van der Waals surface area contributed by atoms with Crippen LogP contribution in [0.2, 0.25) is 15.1 Å². The van der Waals surface area contributed by atoms with Crippen LogP contribution in [-0.4, -0.2) is 25.4 Å². The van der Waals surface area contributed by atoms with Gasteiger partial charge in [-0.05, 0) is 7.05 Å². The Labute approximate surface area is 131 Å². The summed E-state index contributed by atoms with van der Waals surface area (Å²) in [4.78, 5) is 4.46. The van der Waals surface area contributed by atoms with Crippen LogP contribution in [0, 0.1) is 0 Å². The van der Waals surface area contributed by atoms with Crippen molar-refractivity contribution >= 4 is 55.9 Å². The van der Waals surface area contributed by atoms with Crippen LogP contribution in [0.3, 0.4) is 0 Å². The summed E-state index contributed by atoms with van der Waals surface area (Å²) in [5.74, 6) is -1.41. The molecule has 0 spiro atoms. The number of nitrogens with zero attached hydrogens (tertiary/aromatic N) is 1. The summed E-state index contributed by atoms with van der Waals surface area (Å²) in [5.41, 5.74) is -0.914. The maximum atomic E-state index is 12.7. The summed E-state index contributed by atoms with van der Waals surface area (Å²) in [6.45, 7) is 0. The largest absolute Gasteiger partial charge is 0.449 e. The normalized spacial score (nSPS) is 13.1. The van der Waals surface area contributed by atoms with Gasteiger partial charge in [0.1, 0.15) is 10.4 Å². The van der Waals surface area contributed by atoms with Gasteiger partial charge in [-0.15, -0.1) is 0 Å². The predicted molar refractivity (Wildman–Crippen MR) is 72.4 cm³/mol. The lowest BCUT2D eigenvalue weighted by atomic mass is 10.3. The predicted octanol–water partition coefficient (Wildman–Crippen LogP) is 3.45. The highest BCUT2D eigenvalue weighted by Crippen LogP contribution is 2.42. The summed E-state index contributed by atoms with van der Waals surface area (Å²) in [6, 6.07) is 0. The van der Waals surface area contributed by atoms with E-state index in [-0.39, 0.29) is 10.5 Å². The standard InChI is InChI=1S/C9H5Cl3F3N3O2S/c1-16-21(19,20)7-4(12)2(10)3(11)5-6(7)18-8(17-5)9(13,14)15/h16H,1H3,(H,17,18). The highest BCUT2D eigenvalue weighted by molar-refractivity contribution is 7.89. The zero-order valence-electron chi connectivity index (χ0n) is 9.94. The average molecular weight is 383 g/mol.